The molecule has 3 nitrogen and oxygen atoms in total. The highest BCUT2D eigenvalue weighted by atomic mass is 16.5. The molecule has 0 unspecified atom stereocenters. The first-order valence-electron chi connectivity index (χ1n) is 9.94. The summed E-state index contributed by atoms with van der Waals surface area (Å²) in [6.07, 6.45) is -0.739. The van der Waals surface area contributed by atoms with Crippen LogP contribution in [-0.2, 0) is 10.2 Å². The molecular formula is C26H29NO2. The van der Waals surface area contributed by atoms with Crippen LogP contribution in [0.25, 0.3) is 0 Å². The number of carbonyl (C=O) groups excluding carboxylic acids is 1. The van der Waals surface area contributed by atoms with Crippen LogP contribution in [0.2, 0.25) is 0 Å². The molecule has 3 heteroatoms. The van der Waals surface area contributed by atoms with Crippen LogP contribution in [0.4, 0.5) is 5.69 Å². The number of anilines is 1. The number of benzene rings is 3. The molecule has 0 radical (unpaired) electrons. The zero-order valence-corrected chi connectivity index (χ0v) is 17.8. The van der Waals surface area contributed by atoms with Crippen molar-refractivity contribution >= 4 is 11.6 Å². The van der Waals surface area contributed by atoms with E-state index in [0.717, 1.165) is 22.4 Å². The van der Waals surface area contributed by atoms with Gasteiger partial charge in [-0.1, -0.05) is 75.4 Å². The first-order chi connectivity index (χ1) is 13.7. The second-order valence-electron chi connectivity index (χ2n) is 8.49. The monoisotopic (exact) mass is 387 g/mol. The fourth-order valence-electron chi connectivity index (χ4n) is 3.14. The van der Waals surface area contributed by atoms with Gasteiger partial charge in [-0.3, -0.25) is 4.79 Å². The Labute approximate surface area is 173 Å². The molecule has 0 aliphatic rings. The van der Waals surface area contributed by atoms with Crippen molar-refractivity contribution in [2.75, 3.05) is 5.32 Å². The van der Waals surface area contributed by atoms with Crippen molar-refractivity contribution in [3.8, 4) is 5.75 Å². The van der Waals surface area contributed by atoms with Crippen molar-refractivity contribution in [3.63, 3.8) is 0 Å². The highest BCUT2D eigenvalue weighted by Crippen LogP contribution is 2.28. The average molecular weight is 388 g/mol. The van der Waals surface area contributed by atoms with Gasteiger partial charge in [0.25, 0.3) is 5.91 Å². The van der Waals surface area contributed by atoms with Gasteiger partial charge in [0.1, 0.15) is 5.75 Å². The van der Waals surface area contributed by atoms with E-state index in [2.05, 4.69) is 38.2 Å². The summed E-state index contributed by atoms with van der Waals surface area (Å²) in [6, 6.07) is 23.6. The Morgan fingerprint density at radius 3 is 2.17 bits per heavy atom. The largest absolute Gasteiger partial charge is 0.476 e. The summed E-state index contributed by atoms with van der Waals surface area (Å²) in [7, 11) is 0. The second kappa shape index (κ2) is 8.52. The summed E-state index contributed by atoms with van der Waals surface area (Å²) < 4.78 is 6.16. The Morgan fingerprint density at radius 2 is 1.55 bits per heavy atom. The lowest BCUT2D eigenvalue weighted by Crippen LogP contribution is -2.26. The fourth-order valence-corrected chi connectivity index (χ4v) is 3.14. The summed E-state index contributed by atoms with van der Waals surface area (Å²) in [5, 5.41) is 3.04. The molecule has 29 heavy (non-hydrogen) atoms. The lowest BCUT2D eigenvalue weighted by atomic mass is 9.87. The van der Waals surface area contributed by atoms with E-state index in [4.69, 9.17) is 4.74 Å². The molecule has 0 spiro atoms. The van der Waals surface area contributed by atoms with Gasteiger partial charge in [-0.25, -0.2) is 0 Å². The Morgan fingerprint density at radius 1 is 0.897 bits per heavy atom. The molecular weight excluding hydrogens is 358 g/mol. The number of amides is 1. The quantitative estimate of drug-likeness (QED) is 0.553. The van der Waals surface area contributed by atoms with Crippen molar-refractivity contribution in [2.45, 2.75) is 46.1 Å². The van der Waals surface area contributed by atoms with Crippen molar-refractivity contribution in [1.29, 1.82) is 0 Å². The third kappa shape index (κ3) is 5.26. The Kier molecular flexibility index (Phi) is 6.07. The molecule has 1 N–H and O–H groups in total. The third-order valence-corrected chi connectivity index (χ3v) is 4.97. The standard InChI is InChI=1S/C26H29NO2/c1-18-11-12-19(2)23(17-18)27-25(28)24(20-9-7-6-8-10-20)29-22-15-13-21(14-16-22)26(3,4)5/h6-17,24H,1-5H3,(H,27,28)/t24-/m1/s1. The van der Waals surface area contributed by atoms with Crippen LogP contribution < -0.4 is 10.1 Å². The van der Waals surface area contributed by atoms with Gasteiger partial charge in [-0.05, 0) is 54.2 Å². The van der Waals surface area contributed by atoms with Gasteiger partial charge in [-0.2, -0.15) is 0 Å². The minimum atomic E-state index is -0.739. The molecule has 0 aliphatic heterocycles. The van der Waals surface area contributed by atoms with Gasteiger partial charge >= 0.3 is 0 Å². The first kappa shape index (κ1) is 20.7. The molecule has 0 bridgehead atoms. The molecule has 3 aromatic carbocycles. The van der Waals surface area contributed by atoms with Crippen LogP contribution in [0.5, 0.6) is 5.75 Å². The molecule has 3 aromatic rings. The van der Waals surface area contributed by atoms with E-state index < -0.39 is 6.10 Å². The van der Waals surface area contributed by atoms with E-state index in [1.807, 2.05) is 74.5 Å². The lowest BCUT2D eigenvalue weighted by Gasteiger charge is -2.22. The van der Waals surface area contributed by atoms with Gasteiger partial charge < -0.3 is 10.1 Å². The van der Waals surface area contributed by atoms with Gasteiger partial charge in [0, 0.05) is 11.3 Å². The highest BCUT2D eigenvalue weighted by molar-refractivity contribution is 5.95. The van der Waals surface area contributed by atoms with Gasteiger partial charge in [0.2, 0.25) is 6.10 Å². The second-order valence-corrected chi connectivity index (χ2v) is 8.49. The summed E-state index contributed by atoms with van der Waals surface area (Å²) in [6.45, 7) is 10.5. The minimum Gasteiger partial charge on any atom is -0.476 e. The van der Waals surface area contributed by atoms with E-state index in [1.54, 1.807) is 0 Å². The normalized spacial score (nSPS) is 12.3. The van der Waals surface area contributed by atoms with E-state index in [9.17, 15) is 4.79 Å². The number of carbonyl (C=O) groups is 1. The van der Waals surface area contributed by atoms with E-state index >= 15 is 0 Å². The molecule has 0 fully saturated rings. The van der Waals surface area contributed by atoms with Crippen LogP contribution in [-0.4, -0.2) is 5.91 Å². The molecule has 0 saturated heterocycles. The predicted octanol–water partition coefficient (Wildman–Crippen LogP) is 6.36. The molecule has 1 atom stereocenters. The van der Waals surface area contributed by atoms with Crippen molar-refractivity contribution < 1.29 is 9.53 Å². The molecule has 3 rings (SSSR count). The SMILES string of the molecule is Cc1ccc(C)c(NC(=O)[C@H](Oc2ccc(C(C)(C)C)cc2)c2ccccc2)c1. The molecule has 0 saturated carbocycles. The summed E-state index contributed by atoms with van der Waals surface area (Å²) in [5.74, 6) is 0.479. The van der Waals surface area contributed by atoms with Crippen molar-refractivity contribution in [2.24, 2.45) is 0 Å². The maximum Gasteiger partial charge on any atom is 0.270 e. The number of hydrogen-bond donors (Lipinski definition) is 1. The van der Waals surface area contributed by atoms with Crippen LogP contribution in [0.3, 0.4) is 0 Å². The summed E-state index contributed by atoms with van der Waals surface area (Å²) in [5.41, 5.74) is 5.03. The molecule has 0 heterocycles. The fraction of sp³-hybridized carbons (Fsp3) is 0.269. The predicted molar refractivity (Wildman–Crippen MR) is 119 cm³/mol. The lowest BCUT2D eigenvalue weighted by molar-refractivity contribution is -0.123. The van der Waals surface area contributed by atoms with Crippen LogP contribution >= 0.6 is 0 Å². The van der Waals surface area contributed by atoms with Crippen LogP contribution in [0.1, 0.15) is 49.1 Å². The number of aryl methyl sites for hydroxylation is 2. The molecule has 0 aliphatic carbocycles. The van der Waals surface area contributed by atoms with Gasteiger partial charge in [0.05, 0.1) is 0 Å². The van der Waals surface area contributed by atoms with Crippen molar-refractivity contribution in [3.05, 3.63) is 95.1 Å². The maximum absolute atomic E-state index is 13.2. The number of rotatable bonds is 5. The Balaban J connectivity index is 1.87. The Bertz CT molecular complexity index is 970. The first-order valence-corrected chi connectivity index (χ1v) is 9.94. The average Bonchev–Trinajstić information content (AvgIpc) is 2.69. The number of ether oxygens (including phenoxy) is 1. The maximum atomic E-state index is 13.2. The molecule has 0 aromatic heterocycles. The summed E-state index contributed by atoms with van der Waals surface area (Å²) >= 11 is 0. The zero-order valence-electron chi connectivity index (χ0n) is 17.8. The van der Waals surface area contributed by atoms with E-state index in [1.165, 1.54) is 5.56 Å². The van der Waals surface area contributed by atoms with Gasteiger partial charge in [0.15, 0.2) is 0 Å². The number of hydrogen-bond acceptors (Lipinski definition) is 2. The van der Waals surface area contributed by atoms with Crippen molar-refractivity contribution in [1.82, 2.24) is 0 Å². The van der Waals surface area contributed by atoms with Crippen LogP contribution in [0.15, 0.2) is 72.8 Å². The summed E-state index contributed by atoms with van der Waals surface area (Å²) in [4.78, 5) is 13.2. The van der Waals surface area contributed by atoms with Gasteiger partial charge in [-0.15, -0.1) is 0 Å². The van der Waals surface area contributed by atoms with Crippen LogP contribution in [0, 0.1) is 13.8 Å². The minimum absolute atomic E-state index is 0.0669. The zero-order chi connectivity index (χ0) is 21.0. The third-order valence-electron chi connectivity index (χ3n) is 4.97. The van der Waals surface area contributed by atoms with E-state index in [0.29, 0.717) is 5.75 Å². The topological polar surface area (TPSA) is 38.3 Å². The number of nitrogens with one attached hydrogen (secondary N) is 1. The smallest absolute Gasteiger partial charge is 0.270 e. The van der Waals surface area contributed by atoms with E-state index in [-0.39, 0.29) is 11.3 Å². The molecule has 1 amide bonds. The highest BCUT2D eigenvalue weighted by Gasteiger charge is 2.24. The molecule has 150 valence electrons. The Hall–Kier alpha value is -3.07.